The molecule has 0 saturated carbocycles. The third kappa shape index (κ3) is 3.88. The van der Waals surface area contributed by atoms with Crippen LogP contribution in [-0.4, -0.2) is 52.3 Å². The van der Waals surface area contributed by atoms with Gasteiger partial charge in [-0.1, -0.05) is 0 Å². The van der Waals surface area contributed by atoms with Gasteiger partial charge in [0.2, 0.25) is 10.0 Å². The molecule has 2 aliphatic heterocycles. The number of hydrogen-bond acceptors (Lipinski definition) is 6. The summed E-state index contributed by atoms with van der Waals surface area (Å²) in [7, 11) is -3.36. The van der Waals surface area contributed by atoms with E-state index in [1.807, 2.05) is 16.8 Å². The van der Waals surface area contributed by atoms with Gasteiger partial charge in [0.05, 0.1) is 28.6 Å². The summed E-state index contributed by atoms with van der Waals surface area (Å²) in [4.78, 5) is 35.0. The molecule has 156 valence electrons. The minimum absolute atomic E-state index is 0.00742. The van der Waals surface area contributed by atoms with Crippen LogP contribution in [0.15, 0.2) is 21.6 Å². The minimum Gasteiger partial charge on any atom is -0.328 e. The summed E-state index contributed by atoms with van der Waals surface area (Å²) >= 11 is 1.48. The Hall–Kier alpha value is -2.04. The highest BCUT2D eigenvalue weighted by atomic mass is 32.2. The van der Waals surface area contributed by atoms with Crippen molar-refractivity contribution in [2.24, 2.45) is 0 Å². The van der Waals surface area contributed by atoms with Crippen LogP contribution in [0.4, 0.5) is 0 Å². The zero-order valence-corrected chi connectivity index (χ0v) is 17.9. The molecular formula is C19H24N4O4S2. The van der Waals surface area contributed by atoms with Gasteiger partial charge < -0.3 is 9.88 Å². The molecule has 1 N–H and O–H groups in total. The third-order valence-electron chi connectivity index (χ3n) is 5.66. The van der Waals surface area contributed by atoms with E-state index in [0.717, 1.165) is 19.3 Å². The molecule has 8 nitrogen and oxygen atoms in total. The van der Waals surface area contributed by atoms with Gasteiger partial charge in [-0.25, -0.2) is 13.4 Å². The van der Waals surface area contributed by atoms with Crippen molar-refractivity contribution in [1.82, 2.24) is 19.2 Å². The molecule has 0 bridgehead atoms. The summed E-state index contributed by atoms with van der Waals surface area (Å²) < 4.78 is 25.7. The maximum atomic E-state index is 12.9. The Bertz CT molecular complexity index is 1060. The van der Waals surface area contributed by atoms with Crippen LogP contribution < -0.4 is 5.56 Å². The predicted octanol–water partition coefficient (Wildman–Crippen LogP) is 1.91. The van der Waals surface area contributed by atoms with Gasteiger partial charge in [-0.05, 0) is 37.6 Å². The van der Waals surface area contributed by atoms with Crippen LogP contribution in [0.1, 0.15) is 59.7 Å². The number of fused-ring (bicyclic) bond motifs is 1. The van der Waals surface area contributed by atoms with Crippen molar-refractivity contribution < 1.29 is 13.2 Å². The molecule has 1 amide bonds. The molecule has 0 radical (unpaired) electrons. The standard InChI is InChI=1S/C19H24N4O4S2/c1-2-29(26,27)22-9-6-15-14(11-22)18(24)21-17(20-15)16-5-3-4-8-23(16)19(25)13-7-10-28-12-13/h7,10,12,16H,2-6,8-9,11H2,1H3,(H,20,21,24)/t16-/m0/s1. The van der Waals surface area contributed by atoms with Crippen LogP contribution >= 0.6 is 11.3 Å². The second kappa shape index (κ2) is 8.00. The SMILES string of the molecule is CCS(=O)(=O)N1CCc2nc([C@@H]3CCCCN3C(=O)c3ccsc3)[nH]c(=O)c2C1. The summed E-state index contributed by atoms with van der Waals surface area (Å²) in [6, 6.07) is 1.54. The smallest absolute Gasteiger partial charge is 0.255 e. The Morgan fingerprint density at radius 3 is 2.90 bits per heavy atom. The van der Waals surface area contributed by atoms with Gasteiger partial charge in [0.25, 0.3) is 11.5 Å². The summed E-state index contributed by atoms with van der Waals surface area (Å²) in [5.41, 5.74) is 1.39. The number of piperidine rings is 1. The van der Waals surface area contributed by atoms with E-state index in [2.05, 4.69) is 9.97 Å². The number of sulfonamides is 1. The highest BCUT2D eigenvalue weighted by Gasteiger charge is 2.33. The first-order chi connectivity index (χ1) is 13.9. The van der Waals surface area contributed by atoms with E-state index >= 15 is 0 Å². The van der Waals surface area contributed by atoms with E-state index in [-0.39, 0.29) is 29.8 Å². The van der Waals surface area contributed by atoms with E-state index in [0.29, 0.717) is 42.2 Å². The van der Waals surface area contributed by atoms with Crippen LogP contribution in [0.3, 0.4) is 0 Å². The second-order valence-electron chi connectivity index (χ2n) is 7.38. The lowest BCUT2D eigenvalue weighted by Gasteiger charge is -2.35. The lowest BCUT2D eigenvalue weighted by atomic mass is 9.99. The Morgan fingerprint density at radius 2 is 2.17 bits per heavy atom. The summed E-state index contributed by atoms with van der Waals surface area (Å²) in [6.07, 6.45) is 3.03. The Morgan fingerprint density at radius 1 is 1.34 bits per heavy atom. The highest BCUT2D eigenvalue weighted by molar-refractivity contribution is 7.89. The zero-order chi connectivity index (χ0) is 20.6. The van der Waals surface area contributed by atoms with E-state index in [1.165, 1.54) is 15.6 Å². The van der Waals surface area contributed by atoms with Gasteiger partial charge in [0, 0.05) is 31.4 Å². The topological polar surface area (TPSA) is 103 Å². The summed E-state index contributed by atoms with van der Waals surface area (Å²) in [6.45, 7) is 2.60. The maximum Gasteiger partial charge on any atom is 0.255 e. The van der Waals surface area contributed by atoms with Crippen molar-refractivity contribution in [2.75, 3.05) is 18.8 Å². The van der Waals surface area contributed by atoms with Gasteiger partial charge in [-0.15, -0.1) is 0 Å². The first kappa shape index (κ1) is 20.2. The maximum absolute atomic E-state index is 12.9. The molecule has 1 fully saturated rings. The monoisotopic (exact) mass is 436 g/mol. The number of nitrogens with one attached hydrogen (secondary N) is 1. The number of thiophene rings is 1. The molecule has 4 heterocycles. The molecule has 4 rings (SSSR count). The number of hydrogen-bond donors (Lipinski definition) is 1. The normalized spacial score (nSPS) is 20.4. The third-order valence-corrected chi connectivity index (χ3v) is 8.17. The van der Waals surface area contributed by atoms with Crippen LogP contribution in [0.5, 0.6) is 0 Å². The number of rotatable bonds is 4. The molecule has 1 saturated heterocycles. The molecule has 0 aliphatic carbocycles. The Kier molecular flexibility index (Phi) is 5.58. The molecule has 0 aromatic carbocycles. The lowest BCUT2D eigenvalue weighted by molar-refractivity contribution is 0.0599. The average molecular weight is 437 g/mol. The van der Waals surface area contributed by atoms with Crippen molar-refractivity contribution in [3.8, 4) is 0 Å². The quantitative estimate of drug-likeness (QED) is 0.789. The largest absolute Gasteiger partial charge is 0.328 e. The number of nitrogens with zero attached hydrogens (tertiary/aromatic N) is 3. The summed E-state index contributed by atoms with van der Waals surface area (Å²) in [5.74, 6) is 0.466. The molecular weight excluding hydrogens is 412 g/mol. The van der Waals surface area contributed by atoms with Crippen LogP contribution in [0.25, 0.3) is 0 Å². The number of amides is 1. The van der Waals surface area contributed by atoms with Crippen molar-refractivity contribution in [1.29, 1.82) is 0 Å². The van der Waals surface area contributed by atoms with E-state index in [4.69, 9.17) is 0 Å². The zero-order valence-electron chi connectivity index (χ0n) is 16.3. The van der Waals surface area contributed by atoms with Gasteiger partial charge in [-0.2, -0.15) is 15.6 Å². The first-order valence-electron chi connectivity index (χ1n) is 9.83. The fourth-order valence-electron chi connectivity index (χ4n) is 4.01. The van der Waals surface area contributed by atoms with Crippen molar-refractivity contribution in [3.05, 3.63) is 49.8 Å². The number of carbonyl (C=O) groups excluding carboxylic acids is 1. The first-order valence-corrected chi connectivity index (χ1v) is 12.4. The second-order valence-corrected chi connectivity index (χ2v) is 10.4. The molecule has 10 heteroatoms. The number of carbonyl (C=O) groups is 1. The fraction of sp³-hybridized carbons (Fsp3) is 0.526. The molecule has 0 spiro atoms. The average Bonchev–Trinajstić information content (AvgIpc) is 3.28. The molecule has 29 heavy (non-hydrogen) atoms. The minimum atomic E-state index is -3.36. The van der Waals surface area contributed by atoms with Gasteiger partial charge >= 0.3 is 0 Å². The molecule has 2 aromatic rings. The lowest BCUT2D eigenvalue weighted by Crippen LogP contribution is -2.42. The van der Waals surface area contributed by atoms with E-state index < -0.39 is 10.0 Å². The number of likely N-dealkylation sites (tertiary alicyclic amines) is 1. The van der Waals surface area contributed by atoms with Crippen LogP contribution in [-0.2, 0) is 23.0 Å². The molecule has 2 aliphatic rings. The molecule has 0 unspecified atom stereocenters. The van der Waals surface area contributed by atoms with Gasteiger partial charge in [0.15, 0.2) is 0 Å². The van der Waals surface area contributed by atoms with Crippen LogP contribution in [0.2, 0.25) is 0 Å². The summed E-state index contributed by atoms with van der Waals surface area (Å²) in [5, 5.41) is 3.71. The Labute approximate surface area is 173 Å². The number of aromatic nitrogens is 2. The van der Waals surface area contributed by atoms with Crippen molar-refractivity contribution in [3.63, 3.8) is 0 Å². The number of H-pyrrole nitrogens is 1. The highest BCUT2D eigenvalue weighted by Crippen LogP contribution is 2.31. The van der Waals surface area contributed by atoms with Crippen LogP contribution in [0, 0.1) is 0 Å². The van der Waals surface area contributed by atoms with Gasteiger partial charge in [-0.3, -0.25) is 9.59 Å². The fourth-order valence-corrected chi connectivity index (χ4v) is 5.70. The molecule has 2 aromatic heterocycles. The van der Waals surface area contributed by atoms with Crippen molar-refractivity contribution >= 4 is 27.3 Å². The van der Waals surface area contributed by atoms with Crippen molar-refractivity contribution in [2.45, 2.75) is 45.2 Å². The van der Waals surface area contributed by atoms with Gasteiger partial charge in [0.1, 0.15) is 5.82 Å². The van der Waals surface area contributed by atoms with E-state index in [1.54, 1.807) is 11.8 Å². The van der Waals surface area contributed by atoms with E-state index in [9.17, 15) is 18.0 Å². The number of aromatic amines is 1. The predicted molar refractivity (Wildman–Crippen MR) is 110 cm³/mol. The molecule has 1 atom stereocenters. The Balaban J connectivity index is 1.65.